The number of hydrogen-bond acceptors (Lipinski definition) is 3. The van der Waals surface area contributed by atoms with Crippen molar-refractivity contribution >= 4 is 17.4 Å². The van der Waals surface area contributed by atoms with E-state index in [-0.39, 0.29) is 0 Å². The lowest BCUT2D eigenvalue weighted by Crippen LogP contribution is -1.95. The van der Waals surface area contributed by atoms with Gasteiger partial charge in [0.1, 0.15) is 5.03 Å². The standard InChI is InChI=1S/C9H14N2S/c1-7(2)6-12-9-8(10)4-3-5-11-9/h3-5,7H,6,10H2,1-2H3. The first-order valence-corrected chi connectivity index (χ1v) is 5.02. The van der Waals surface area contributed by atoms with E-state index >= 15 is 0 Å². The molecule has 2 nitrogen and oxygen atoms in total. The molecule has 1 rings (SSSR count). The molecule has 0 radical (unpaired) electrons. The molecule has 0 aliphatic heterocycles. The lowest BCUT2D eigenvalue weighted by Gasteiger charge is -2.05. The van der Waals surface area contributed by atoms with Crippen LogP contribution < -0.4 is 5.73 Å². The quantitative estimate of drug-likeness (QED) is 0.730. The van der Waals surface area contributed by atoms with Gasteiger partial charge >= 0.3 is 0 Å². The minimum absolute atomic E-state index is 0.677. The molecule has 1 aromatic heterocycles. The fourth-order valence-electron chi connectivity index (χ4n) is 0.769. The summed E-state index contributed by atoms with van der Waals surface area (Å²) in [6.07, 6.45) is 1.78. The third kappa shape index (κ3) is 2.74. The fraction of sp³-hybridized carbons (Fsp3) is 0.444. The van der Waals surface area contributed by atoms with Gasteiger partial charge in [-0.25, -0.2) is 4.98 Å². The van der Waals surface area contributed by atoms with Crippen LogP contribution in [0.15, 0.2) is 23.4 Å². The number of aromatic nitrogens is 1. The Morgan fingerprint density at radius 2 is 2.33 bits per heavy atom. The van der Waals surface area contributed by atoms with Gasteiger partial charge in [0, 0.05) is 11.9 Å². The summed E-state index contributed by atoms with van der Waals surface area (Å²) in [5.41, 5.74) is 6.50. The number of thioether (sulfide) groups is 1. The summed E-state index contributed by atoms with van der Waals surface area (Å²) in [6, 6.07) is 3.74. The molecular formula is C9H14N2S. The Morgan fingerprint density at radius 1 is 1.58 bits per heavy atom. The molecular weight excluding hydrogens is 168 g/mol. The van der Waals surface area contributed by atoms with Crippen LogP contribution in [0, 0.1) is 5.92 Å². The van der Waals surface area contributed by atoms with E-state index in [2.05, 4.69) is 18.8 Å². The molecule has 12 heavy (non-hydrogen) atoms. The number of pyridine rings is 1. The highest BCUT2D eigenvalue weighted by Crippen LogP contribution is 2.23. The smallest absolute Gasteiger partial charge is 0.119 e. The summed E-state index contributed by atoms with van der Waals surface area (Å²) < 4.78 is 0. The predicted octanol–water partition coefficient (Wildman–Crippen LogP) is 2.41. The van der Waals surface area contributed by atoms with Gasteiger partial charge in [0.2, 0.25) is 0 Å². The van der Waals surface area contributed by atoms with Crippen LogP contribution in [0.4, 0.5) is 5.69 Å². The van der Waals surface area contributed by atoms with Crippen molar-refractivity contribution in [1.29, 1.82) is 0 Å². The molecule has 66 valence electrons. The Hall–Kier alpha value is -0.700. The second kappa shape index (κ2) is 4.36. The predicted molar refractivity (Wildman–Crippen MR) is 54.2 cm³/mol. The zero-order chi connectivity index (χ0) is 8.97. The number of rotatable bonds is 3. The van der Waals surface area contributed by atoms with Gasteiger partial charge in [-0.15, -0.1) is 11.8 Å². The van der Waals surface area contributed by atoms with E-state index in [1.54, 1.807) is 18.0 Å². The van der Waals surface area contributed by atoms with Crippen molar-refractivity contribution in [2.24, 2.45) is 5.92 Å². The summed E-state index contributed by atoms with van der Waals surface area (Å²) in [5.74, 6) is 1.75. The van der Waals surface area contributed by atoms with Crippen LogP contribution in [0.25, 0.3) is 0 Å². The third-order valence-electron chi connectivity index (χ3n) is 1.35. The minimum Gasteiger partial charge on any atom is -0.397 e. The van der Waals surface area contributed by atoms with E-state index in [4.69, 9.17) is 5.73 Å². The normalized spacial score (nSPS) is 10.6. The average molecular weight is 182 g/mol. The van der Waals surface area contributed by atoms with Gasteiger partial charge in [-0.1, -0.05) is 13.8 Å². The van der Waals surface area contributed by atoms with E-state index in [1.807, 2.05) is 12.1 Å². The highest BCUT2D eigenvalue weighted by molar-refractivity contribution is 7.99. The Bertz CT molecular complexity index is 248. The van der Waals surface area contributed by atoms with Gasteiger partial charge in [-0.2, -0.15) is 0 Å². The number of nitrogen functional groups attached to an aromatic ring is 1. The third-order valence-corrected chi connectivity index (χ3v) is 2.80. The van der Waals surface area contributed by atoms with Gasteiger partial charge in [0.15, 0.2) is 0 Å². The maximum absolute atomic E-state index is 5.72. The monoisotopic (exact) mass is 182 g/mol. The molecule has 0 aromatic carbocycles. The van der Waals surface area contributed by atoms with Crippen molar-refractivity contribution in [1.82, 2.24) is 4.98 Å². The van der Waals surface area contributed by atoms with E-state index in [0.717, 1.165) is 16.5 Å². The molecule has 1 aromatic rings. The van der Waals surface area contributed by atoms with Gasteiger partial charge in [-0.05, 0) is 18.1 Å². The molecule has 0 unspecified atom stereocenters. The largest absolute Gasteiger partial charge is 0.397 e. The molecule has 0 aliphatic carbocycles. The molecule has 0 saturated heterocycles. The highest BCUT2D eigenvalue weighted by Gasteiger charge is 2.01. The van der Waals surface area contributed by atoms with Crippen LogP contribution in [0.3, 0.4) is 0 Å². The number of anilines is 1. The molecule has 0 fully saturated rings. The number of nitrogens with two attached hydrogens (primary N) is 1. The molecule has 2 N–H and O–H groups in total. The second-order valence-corrected chi connectivity index (χ2v) is 4.11. The zero-order valence-electron chi connectivity index (χ0n) is 7.45. The Kier molecular flexibility index (Phi) is 3.41. The fourth-order valence-corrected chi connectivity index (χ4v) is 1.63. The Morgan fingerprint density at radius 3 is 2.92 bits per heavy atom. The van der Waals surface area contributed by atoms with Crippen molar-refractivity contribution in [2.45, 2.75) is 18.9 Å². The molecule has 0 saturated carbocycles. The summed E-state index contributed by atoms with van der Waals surface area (Å²) in [7, 11) is 0. The van der Waals surface area contributed by atoms with Crippen molar-refractivity contribution in [3.63, 3.8) is 0 Å². The van der Waals surface area contributed by atoms with Crippen molar-refractivity contribution in [3.8, 4) is 0 Å². The maximum Gasteiger partial charge on any atom is 0.119 e. The SMILES string of the molecule is CC(C)CSc1ncccc1N. The summed E-state index contributed by atoms with van der Waals surface area (Å²) >= 11 is 1.72. The number of nitrogens with zero attached hydrogens (tertiary/aromatic N) is 1. The lowest BCUT2D eigenvalue weighted by molar-refractivity contribution is 0.749. The molecule has 0 spiro atoms. The highest BCUT2D eigenvalue weighted by atomic mass is 32.2. The van der Waals surface area contributed by atoms with E-state index < -0.39 is 0 Å². The van der Waals surface area contributed by atoms with E-state index in [9.17, 15) is 0 Å². The first-order valence-electron chi connectivity index (χ1n) is 4.03. The van der Waals surface area contributed by atoms with Crippen LogP contribution in [0.5, 0.6) is 0 Å². The Balaban J connectivity index is 2.57. The van der Waals surface area contributed by atoms with Gasteiger partial charge < -0.3 is 5.73 Å². The molecule has 0 aliphatic rings. The Labute approximate surface area is 77.6 Å². The topological polar surface area (TPSA) is 38.9 Å². The van der Waals surface area contributed by atoms with E-state index in [0.29, 0.717) is 5.92 Å². The van der Waals surface area contributed by atoms with Crippen molar-refractivity contribution < 1.29 is 0 Å². The molecule has 0 atom stereocenters. The molecule has 0 bridgehead atoms. The number of hydrogen-bond donors (Lipinski definition) is 1. The van der Waals surface area contributed by atoms with Crippen molar-refractivity contribution in [3.05, 3.63) is 18.3 Å². The summed E-state index contributed by atoms with van der Waals surface area (Å²) in [6.45, 7) is 4.37. The van der Waals surface area contributed by atoms with Crippen LogP contribution in [0.2, 0.25) is 0 Å². The second-order valence-electron chi connectivity index (χ2n) is 3.10. The molecule has 1 heterocycles. The average Bonchev–Trinajstić information content (AvgIpc) is 2.03. The minimum atomic E-state index is 0.677. The van der Waals surface area contributed by atoms with Crippen LogP contribution >= 0.6 is 11.8 Å². The van der Waals surface area contributed by atoms with Gasteiger partial charge in [0.25, 0.3) is 0 Å². The lowest BCUT2D eigenvalue weighted by atomic mass is 10.3. The van der Waals surface area contributed by atoms with Crippen LogP contribution in [-0.4, -0.2) is 10.7 Å². The van der Waals surface area contributed by atoms with E-state index in [1.165, 1.54) is 0 Å². The van der Waals surface area contributed by atoms with Crippen LogP contribution in [-0.2, 0) is 0 Å². The zero-order valence-corrected chi connectivity index (χ0v) is 8.27. The molecule has 0 amide bonds. The van der Waals surface area contributed by atoms with Gasteiger partial charge in [-0.3, -0.25) is 0 Å². The van der Waals surface area contributed by atoms with Crippen LogP contribution in [0.1, 0.15) is 13.8 Å². The van der Waals surface area contributed by atoms with Gasteiger partial charge in [0.05, 0.1) is 5.69 Å². The maximum atomic E-state index is 5.72. The first-order chi connectivity index (χ1) is 5.70. The summed E-state index contributed by atoms with van der Waals surface area (Å²) in [4.78, 5) is 4.19. The van der Waals surface area contributed by atoms with Crippen molar-refractivity contribution in [2.75, 3.05) is 11.5 Å². The first kappa shape index (κ1) is 9.39. The summed E-state index contributed by atoms with van der Waals surface area (Å²) in [5, 5.41) is 0.950. The molecule has 3 heteroatoms.